The van der Waals surface area contributed by atoms with E-state index in [4.69, 9.17) is 17.3 Å². The fraction of sp³-hybridized carbons (Fsp3) is 0.333. The molecule has 13 heavy (non-hydrogen) atoms. The summed E-state index contributed by atoms with van der Waals surface area (Å²) in [6.07, 6.45) is 0. The molecule has 0 aliphatic rings. The van der Waals surface area contributed by atoms with E-state index in [-0.39, 0.29) is 0 Å². The molecule has 0 spiro atoms. The Morgan fingerprint density at radius 3 is 2.77 bits per heavy atom. The van der Waals surface area contributed by atoms with Crippen LogP contribution in [0.1, 0.15) is 12.5 Å². The molecule has 0 aliphatic carbocycles. The maximum absolute atomic E-state index is 11.5. The lowest BCUT2D eigenvalue weighted by atomic mass is 10.2. The Kier molecular flexibility index (Phi) is 3.90. The van der Waals surface area contributed by atoms with Gasteiger partial charge in [0.1, 0.15) is 0 Å². The van der Waals surface area contributed by atoms with Crippen molar-refractivity contribution < 1.29 is 4.21 Å². The Morgan fingerprint density at radius 2 is 2.23 bits per heavy atom. The summed E-state index contributed by atoms with van der Waals surface area (Å²) >= 11 is 5.79. The lowest BCUT2D eigenvalue weighted by Gasteiger charge is -2.06. The molecule has 0 bridgehead atoms. The van der Waals surface area contributed by atoms with Gasteiger partial charge in [0.05, 0.1) is 10.8 Å². The Bertz CT molecular complexity index is 327. The van der Waals surface area contributed by atoms with Crippen LogP contribution in [0, 0.1) is 0 Å². The van der Waals surface area contributed by atoms with E-state index in [1.54, 1.807) is 18.2 Å². The number of hydrogen-bond donors (Lipinski definition) is 1. The third-order valence-corrected chi connectivity index (χ3v) is 3.40. The lowest BCUT2D eigenvalue weighted by Crippen LogP contribution is -2.04. The van der Waals surface area contributed by atoms with Crippen molar-refractivity contribution in [2.75, 3.05) is 5.75 Å². The standard InChI is InChI=1S/C9H12ClNOS/c1-2-13(12)9-4-3-8(10)5-7(9)6-11/h3-5H,2,6,11H2,1H3. The van der Waals surface area contributed by atoms with Crippen LogP contribution in [0.4, 0.5) is 0 Å². The summed E-state index contributed by atoms with van der Waals surface area (Å²) in [6.45, 7) is 2.26. The maximum Gasteiger partial charge on any atom is 0.0530 e. The number of nitrogens with two attached hydrogens (primary N) is 1. The molecule has 0 radical (unpaired) electrons. The van der Waals surface area contributed by atoms with Crippen LogP contribution < -0.4 is 5.73 Å². The highest BCUT2D eigenvalue weighted by Gasteiger charge is 2.06. The van der Waals surface area contributed by atoms with Gasteiger partial charge in [0.2, 0.25) is 0 Å². The molecule has 72 valence electrons. The Morgan fingerprint density at radius 1 is 1.54 bits per heavy atom. The van der Waals surface area contributed by atoms with Gasteiger partial charge in [-0.2, -0.15) is 0 Å². The molecule has 1 atom stereocenters. The average molecular weight is 218 g/mol. The third-order valence-electron chi connectivity index (χ3n) is 1.75. The smallest absolute Gasteiger partial charge is 0.0530 e. The van der Waals surface area contributed by atoms with Gasteiger partial charge in [-0.1, -0.05) is 18.5 Å². The van der Waals surface area contributed by atoms with E-state index in [0.717, 1.165) is 10.5 Å². The third kappa shape index (κ3) is 2.53. The highest BCUT2D eigenvalue weighted by molar-refractivity contribution is 7.85. The molecule has 2 nitrogen and oxygen atoms in total. The molecule has 1 aromatic rings. The van der Waals surface area contributed by atoms with Crippen molar-refractivity contribution in [2.45, 2.75) is 18.4 Å². The van der Waals surface area contributed by atoms with E-state index in [2.05, 4.69) is 0 Å². The monoisotopic (exact) mass is 217 g/mol. The van der Waals surface area contributed by atoms with Crippen molar-refractivity contribution in [3.8, 4) is 0 Å². The van der Waals surface area contributed by atoms with E-state index in [1.807, 2.05) is 6.92 Å². The average Bonchev–Trinajstić information content (AvgIpc) is 2.16. The van der Waals surface area contributed by atoms with E-state index >= 15 is 0 Å². The molecule has 1 unspecified atom stereocenters. The van der Waals surface area contributed by atoms with Gasteiger partial charge in [0.15, 0.2) is 0 Å². The first-order valence-corrected chi connectivity index (χ1v) is 5.75. The molecule has 1 rings (SSSR count). The van der Waals surface area contributed by atoms with Crippen LogP contribution in [0.15, 0.2) is 23.1 Å². The van der Waals surface area contributed by atoms with Gasteiger partial charge in [-0.05, 0) is 23.8 Å². The minimum absolute atomic E-state index is 0.377. The van der Waals surface area contributed by atoms with Gasteiger partial charge in [0, 0.05) is 22.2 Å². The van der Waals surface area contributed by atoms with Gasteiger partial charge in [-0.3, -0.25) is 4.21 Å². The highest BCUT2D eigenvalue weighted by atomic mass is 35.5. The first kappa shape index (κ1) is 10.7. The van der Waals surface area contributed by atoms with Crippen molar-refractivity contribution in [3.63, 3.8) is 0 Å². The predicted octanol–water partition coefficient (Wildman–Crippen LogP) is 1.93. The topological polar surface area (TPSA) is 43.1 Å². The second-order valence-corrected chi connectivity index (χ2v) is 4.74. The van der Waals surface area contributed by atoms with E-state index in [9.17, 15) is 4.21 Å². The molecule has 0 amide bonds. The molecule has 0 heterocycles. The molecule has 0 saturated heterocycles. The summed E-state index contributed by atoms with van der Waals surface area (Å²) in [7, 11) is -0.949. The van der Waals surface area contributed by atoms with Crippen molar-refractivity contribution in [1.82, 2.24) is 0 Å². The maximum atomic E-state index is 11.5. The van der Waals surface area contributed by atoms with Crippen LogP contribution in [-0.4, -0.2) is 9.96 Å². The minimum atomic E-state index is -0.949. The number of benzene rings is 1. The van der Waals surface area contributed by atoms with Crippen molar-refractivity contribution in [3.05, 3.63) is 28.8 Å². The van der Waals surface area contributed by atoms with Crippen LogP contribution in [0.5, 0.6) is 0 Å². The summed E-state index contributed by atoms with van der Waals surface area (Å²) in [4.78, 5) is 0.800. The van der Waals surface area contributed by atoms with E-state index in [1.165, 1.54) is 0 Å². The number of halogens is 1. The second kappa shape index (κ2) is 4.74. The summed E-state index contributed by atoms with van der Waals surface area (Å²) in [5.74, 6) is 0.606. The van der Waals surface area contributed by atoms with Crippen molar-refractivity contribution >= 4 is 22.4 Å². The van der Waals surface area contributed by atoms with Crippen molar-refractivity contribution in [1.29, 1.82) is 0 Å². The summed E-state index contributed by atoms with van der Waals surface area (Å²) in [5.41, 5.74) is 6.39. The van der Waals surface area contributed by atoms with Crippen LogP contribution in [0.2, 0.25) is 5.02 Å². The molecule has 0 aromatic heterocycles. The molecule has 0 aliphatic heterocycles. The van der Waals surface area contributed by atoms with E-state index < -0.39 is 10.8 Å². The normalized spacial score (nSPS) is 12.8. The zero-order valence-electron chi connectivity index (χ0n) is 7.42. The van der Waals surface area contributed by atoms with Gasteiger partial charge in [0.25, 0.3) is 0 Å². The molecular formula is C9H12ClNOS. The number of hydrogen-bond acceptors (Lipinski definition) is 2. The zero-order chi connectivity index (χ0) is 9.84. The molecule has 0 saturated carbocycles. The van der Waals surface area contributed by atoms with Crippen LogP contribution in [-0.2, 0) is 17.3 Å². The summed E-state index contributed by atoms with van der Waals surface area (Å²) in [5, 5.41) is 0.636. The quantitative estimate of drug-likeness (QED) is 0.841. The van der Waals surface area contributed by atoms with Crippen LogP contribution in [0.3, 0.4) is 0 Å². The van der Waals surface area contributed by atoms with Gasteiger partial charge in [-0.25, -0.2) is 0 Å². The Balaban J connectivity index is 3.13. The first-order valence-electron chi connectivity index (χ1n) is 4.06. The molecule has 2 N–H and O–H groups in total. The molecule has 1 aromatic carbocycles. The van der Waals surface area contributed by atoms with Crippen LogP contribution in [0.25, 0.3) is 0 Å². The fourth-order valence-corrected chi connectivity index (χ4v) is 2.25. The second-order valence-electron chi connectivity index (χ2n) is 2.59. The Labute approximate surface area is 85.5 Å². The number of rotatable bonds is 3. The van der Waals surface area contributed by atoms with Crippen LogP contribution >= 0.6 is 11.6 Å². The SMILES string of the molecule is CCS(=O)c1ccc(Cl)cc1CN. The lowest BCUT2D eigenvalue weighted by molar-refractivity contribution is 0.683. The Hall–Kier alpha value is -0.380. The zero-order valence-corrected chi connectivity index (χ0v) is 8.99. The van der Waals surface area contributed by atoms with Crippen molar-refractivity contribution in [2.24, 2.45) is 5.73 Å². The summed E-state index contributed by atoms with van der Waals surface area (Å²) < 4.78 is 11.5. The van der Waals surface area contributed by atoms with Gasteiger partial charge < -0.3 is 5.73 Å². The first-order chi connectivity index (χ1) is 6.19. The highest BCUT2D eigenvalue weighted by Crippen LogP contribution is 2.18. The predicted molar refractivity (Wildman–Crippen MR) is 56.3 cm³/mol. The molecule has 0 fully saturated rings. The summed E-state index contributed by atoms with van der Waals surface area (Å²) in [6, 6.07) is 5.29. The van der Waals surface area contributed by atoms with Gasteiger partial charge in [-0.15, -0.1) is 0 Å². The molecular weight excluding hydrogens is 206 g/mol. The largest absolute Gasteiger partial charge is 0.326 e. The minimum Gasteiger partial charge on any atom is -0.326 e. The molecule has 4 heteroatoms. The van der Waals surface area contributed by atoms with Gasteiger partial charge >= 0.3 is 0 Å². The van der Waals surface area contributed by atoms with E-state index in [0.29, 0.717) is 17.3 Å². The fourth-order valence-electron chi connectivity index (χ4n) is 1.09.